The Balaban J connectivity index is 0.000000267. The Morgan fingerprint density at radius 2 is 1.16 bits per heavy atom. The van der Waals surface area contributed by atoms with Crippen LogP contribution in [0.25, 0.3) is 10.8 Å². The first-order valence-corrected chi connectivity index (χ1v) is 15.7. The molecule has 0 unspecified atom stereocenters. The lowest BCUT2D eigenvalue weighted by Gasteiger charge is -2.07. The zero-order valence-electron chi connectivity index (χ0n) is 23.3. The van der Waals surface area contributed by atoms with Crippen molar-refractivity contribution >= 4 is 27.5 Å². The number of hydrogen-bond donors (Lipinski definition) is 0. The lowest BCUT2D eigenvalue weighted by molar-refractivity contribution is 0.277. The molecule has 0 amide bonds. The highest BCUT2D eigenvalue weighted by atomic mass is 31.2. The third kappa shape index (κ3) is 12.1. The smallest absolute Gasteiger partial charge is 0.257 e. The first-order valence-electron chi connectivity index (χ1n) is 13.4. The summed E-state index contributed by atoms with van der Waals surface area (Å²) in [5.41, 5.74) is 9.59. The van der Waals surface area contributed by atoms with Crippen molar-refractivity contribution in [1.29, 1.82) is 0 Å². The molecule has 0 heterocycles. The molecule has 0 fully saturated rings. The van der Waals surface area contributed by atoms with Gasteiger partial charge in [-0.25, -0.2) is 0 Å². The second-order valence-electron chi connectivity index (χ2n) is 7.99. The molecule has 202 valence electrons. The zero-order chi connectivity index (χ0) is 27.4. The molecule has 38 heavy (non-hydrogen) atoms. The average Bonchev–Trinajstić information content (AvgIpc) is 2.95. The molecule has 3 aromatic carbocycles. The van der Waals surface area contributed by atoms with Gasteiger partial charge in [-0.05, 0) is 86.4 Å². The van der Waals surface area contributed by atoms with Crippen LogP contribution >= 0.6 is 16.8 Å². The fraction of sp³-hybridized carbons (Fsp3) is 0.375. The van der Waals surface area contributed by atoms with Crippen molar-refractivity contribution in [2.75, 3.05) is 26.4 Å². The molecule has 3 aromatic rings. The average molecular weight is 551 g/mol. The van der Waals surface area contributed by atoms with Crippen LogP contribution in [0.15, 0.2) is 66.7 Å². The maximum absolute atomic E-state index is 5.49. The molecule has 0 aliphatic carbocycles. The Kier molecular flexibility index (Phi) is 16.6. The van der Waals surface area contributed by atoms with Crippen molar-refractivity contribution in [2.45, 2.75) is 53.9 Å². The van der Waals surface area contributed by atoms with Gasteiger partial charge < -0.3 is 18.1 Å². The molecule has 0 spiro atoms. The largest absolute Gasteiger partial charge is 0.325 e. The van der Waals surface area contributed by atoms with Crippen LogP contribution < -0.4 is 0 Å². The van der Waals surface area contributed by atoms with Crippen molar-refractivity contribution in [3.63, 3.8) is 0 Å². The van der Waals surface area contributed by atoms with Crippen LogP contribution in [-0.4, -0.2) is 26.4 Å². The van der Waals surface area contributed by atoms with Crippen molar-refractivity contribution in [3.05, 3.63) is 83.4 Å². The Bertz CT molecular complexity index is 1170. The van der Waals surface area contributed by atoms with E-state index in [1.54, 1.807) is 0 Å². The van der Waals surface area contributed by atoms with Gasteiger partial charge in [-0.15, -0.1) is 0 Å². The molecule has 6 heteroatoms. The van der Waals surface area contributed by atoms with Gasteiger partial charge in [0.1, 0.15) is 0 Å². The molecule has 0 aliphatic rings. The van der Waals surface area contributed by atoms with E-state index >= 15 is 0 Å². The number of benzene rings is 3. The normalized spacial score (nSPS) is 10.4. The molecule has 0 atom stereocenters. The monoisotopic (exact) mass is 550 g/mol. The summed E-state index contributed by atoms with van der Waals surface area (Å²) in [6.07, 6.45) is 3.62. The van der Waals surface area contributed by atoms with E-state index in [-0.39, 0.29) is 0 Å². The van der Waals surface area contributed by atoms with Crippen molar-refractivity contribution < 1.29 is 18.1 Å². The van der Waals surface area contributed by atoms with E-state index in [2.05, 4.69) is 72.6 Å². The molecular formula is C32H40O4P2. The molecule has 0 saturated heterocycles. The van der Waals surface area contributed by atoms with E-state index in [1.165, 1.54) is 29.2 Å². The zero-order valence-corrected chi connectivity index (χ0v) is 25.1. The third-order valence-electron chi connectivity index (χ3n) is 5.12. The minimum absolute atomic E-state index is 0.621. The maximum Gasteiger partial charge on any atom is 0.257 e. The third-order valence-corrected chi connectivity index (χ3v) is 7.68. The predicted molar refractivity (Wildman–Crippen MR) is 163 cm³/mol. The Hall–Kier alpha value is -2.26. The van der Waals surface area contributed by atoms with Gasteiger partial charge in [0.15, 0.2) is 0 Å². The highest BCUT2D eigenvalue weighted by molar-refractivity contribution is 7.53. The summed E-state index contributed by atoms with van der Waals surface area (Å²) in [4.78, 5) is 0. The molecule has 0 aromatic heterocycles. The summed E-state index contributed by atoms with van der Waals surface area (Å²) in [5.74, 6) is 6.31. The van der Waals surface area contributed by atoms with E-state index in [0.717, 1.165) is 17.5 Å². The number of unbranched alkanes of at least 4 members (excludes halogenated alkanes) is 1. The van der Waals surface area contributed by atoms with Crippen LogP contribution in [-0.2, 0) is 24.5 Å². The SMILES string of the molecule is CCCCc1ccc(C#CP(OCC)OCC)cc1.CCOP(C#Cc1cccc2ccccc12)OCC. The number of fused-ring (bicyclic) bond motifs is 1. The van der Waals surface area contributed by atoms with Gasteiger partial charge in [-0.3, -0.25) is 0 Å². The van der Waals surface area contributed by atoms with Gasteiger partial charge in [-0.1, -0.05) is 73.7 Å². The van der Waals surface area contributed by atoms with Crippen LogP contribution in [0.4, 0.5) is 0 Å². The summed E-state index contributed by atoms with van der Waals surface area (Å²) < 4.78 is 21.9. The Labute approximate surface area is 232 Å². The summed E-state index contributed by atoms with van der Waals surface area (Å²) in [7, 11) is -2.16. The van der Waals surface area contributed by atoms with E-state index < -0.39 is 16.8 Å². The molecular weight excluding hydrogens is 510 g/mol. The van der Waals surface area contributed by atoms with Gasteiger partial charge in [-0.2, -0.15) is 0 Å². The van der Waals surface area contributed by atoms with Crippen LogP contribution in [0.3, 0.4) is 0 Å². The van der Waals surface area contributed by atoms with E-state index in [9.17, 15) is 0 Å². The predicted octanol–water partition coefficient (Wildman–Crippen LogP) is 9.26. The molecule has 0 aliphatic heterocycles. The lowest BCUT2D eigenvalue weighted by Crippen LogP contribution is -1.88. The van der Waals surface area contributed by atoms with Gasteiger partial charge in [0.2, 0.25) is 0 Å². The highest BCUT2D eigenvalue weighted by Gasteiger charge is 2.05. The topological polar surface area (TPSA) is 36.9 Å². The van der Waals surface area contributed by atoms with Crippen LogP contribution in [0.5, 0.6) is 0 Å². The van der Waals surface area contributed by atoms with E-state index in [1.807, 2.05) is 52.0 Å². The molecule has 0 bridgehead atoms. The van der Waals surface area contributed by atoms with Gasteiger partial charge >= 0.3 is 0 Å². The minimum atomic E-state index is -1.10. The van der Waals surface area contributed by atoms with E-state index in [4.69, 9.17) is 18.1 Å². The van der Waals surface area contributed by atoms with Crippen LogP contribution in [0.1, 0.15) is 64.2 Å². The standard InChI is InChI=1S/C16H17O2P.C16H23O2P/c1-3-17-19(18-4-2)13-12-15-10-7-9-14-8-5-6-11-16(14)15;1-4-7-8-15-9-11-16(12-10-15)13-14-19(17-5-2)18-6-3/h5-11H,3-4H2,1-2H3;9-12H,4-8H2,1-3H3. The molecule has 4 nitrogen and oxygen atoms in total. The molecule has 0 saturated carbocycles. The molecule has 0 radical (unpaired) electrons. The van der Waals surface area contributed by atoms with Gasteiger partial charge in [0.25, 0.3) is 16.8 Å². The minimum Gasteiger partial charge on any atom is -0.325 e. The summed E-state index contributed by atoms with van der Waals surface area (Å²) in [5, 5.41) is 2.37. The second kappa shape index (κ2) is 19.8. The maximum atomic E-state index is 5.49. The summed E-state index contributed by atoms with van der Waals surface area (Å²) in [6, 6.07) is 22.8. The summed E-state index contributed by atoms with van der Waals surface area (Å²) in [6.45, 7) is 12.5. The van der Waals surface area contributed by atoms with Crippen LogP contribution in [0.2, 0.25) is 0 Å². The summed E-state index contributed by atoms with van der Waals surface area (Å²) >= 11 is 0. The highest BCUT2D eigenvalue weighted by Crippen LogP contribution is 2.37. The quantitative estimate of drug-likeness (QED) is 0.176. The fourth-order valence-corrected chi connectivity index (χ4v) is 5.14. The lowest BCUT2D eigenvalue weighted by atomic mass is 10.1. The Morgan fingerprint density at radius 3 is 1.74 bits per heavy atom. The second-order valence-corrected chi connectivity index (χ2v) is 10.5. The van der Waals surface area contributed by atoms with Crippen LogP contribution in [0, 0.1) is 23.2 Å². The molecule has 3 rings (SSSR count). The van der Waals surface area contributed by atoms with Gasteiger partial charge in [0, 0.05) is 11.1 Å². The van der Waals surface area contributed by atoms with Crippen molar-refractivity contribution in [1.82, 2.24) is 0 Å². The Morgan fingerprint density at radius 1 is 0.605 bits per heavy atom. The van der Waals surface area contributed by atoms with E-state index in [0.29, 0.717) is 26.4 Å². The molecule has 0 N–H and O–H groups in total. The number of hydrogen-bond acceptors (Lipinski definition) is 4. The first kappa shape index (κ1) is 32.0. The number of rotatable bonds is 11. The van der Waals surface area contributed by atoms with Crippen molar-refractivity contribution in [2.24, 2.45) is 0 Å². The van der Waals surface area contributed by atoms with Crippen molar-refractivity contribution in [3.8, 4) is 23.2 Å². The first-order chi connectivity index (χ1) is 18.6. The number of aryl methyl sites for hydroxylation is 1. The van der Waals surface area contributed by atoms with Gasteiger partial charge in [0.05, 0.1) is 26.4 Å². The fourth-order valence-electron chi connectivity index (χ4n) is 3.36.